The number of halogens is 1. The monoisotopic (exact) mass is 623 g/mol. The third kappa shape index (κ3) is 8.30. The predicted octanol–water partition coefficient (Wildman–Crippen LogP) is 4.45. The first-order valence-electron chi connectivity index (χ1n) is 15.5. The van der Waals surface area contributed by atoms with Gasteiger partial charge in [0.2, 0.25) is 0 Å². The molecule has 2 aromatic rings. The first-order chi connectivity index (χ1) is 21.1. The third-order valence-electron chi connectivity index (χ3n) is 8.44. The van der Waals surface area contributed by atoms with E-state index in [0.717, 1.165) is 51.4 Å². The fourth-order valence-corrected chi connectivity index (χ4v) is 6.16. The average Bonchev–Trinajstić information content (AvgIpc) is 3.01. The van der Waals surface area contributed by atoms with E-state index < -0.39 is 5.60 Å². The second kappa shape index (κ2) is 14.0. The molecule has 1 aromatic heterocycles. The van der Waals surface area contributed by atoms with Gasteiger partial charge in [0, 0.05) is 77.8 Å². The number of carbonyl (C=O) groups excluding carboxylic acids is 2. The molecule has 5 rings (SSSR count). The molecule has 0 N–H and O–H groups in total. The fourth-order valence-electron chi connectivity index (χ4n) is 5.95. The number of likely N-dealkylation sites (tertiary alicyclic amines) is 1. The number of carbonyl (C=O) groups is 2. The van der Waals surface area contributed by atoms with Gasteiger partial charge < -0.3 is 24.2 Å². The minimum Gasteiger partial charge on any atom is -0.490 e. The molecular formula is C32H42ClN7O4. The molecule has 1 aromatic carbocycles. The largest absolute Gasteiger partial charge is 0.490 e. The number of rotatable bonds is 6. The Kier molecular flexibility index (Phi) is 10.1. The summed E-state index contributed by atoms with van der Waals surface area (Å²) in [6.07, 6.45) is 3.29. The van der Waals surface area contributed by atoms with Crippen LogP contribution in [0.5, 0.6) is 5.75 Å². The normalized spacial score (nSPS) is 19.0. The number of piperidine rings is 2. The number of nitriles is 1. The second-order valence-corrected chi connectivity index (χ2v) is 13.2. The van der Waals surface area contributed by atoms with Crippen molar-refractivity contribution in [3.63, 3.8) is 0 Å². The van der Waals surface area contributed by atoms with Gasteiger partial charge in [0.15, 0.2) is 11.5 Å². The summed E-state index contributed by atoms with van der Waals surface area (Å²) < 4.78 is 11.6. The van der Waals surface area contributed by atoms with Gasteiger partial charge in [0.1, 0.15) is 23.5 Å². The van der Waals surface area contributed by atoms with Gasteiger partial charge in [0.05, 0.1) is 10.6 Å². The van der Waals surface area contributed by atoms with Gasteiger partial charge in [-0.05, 0) is 63.8 Å². The summed E-state index contributed by atoms with van der Waals surface area (Å²) in [6.45, 7) is 12.8. The number of aromatic nitrogens is 2. The van der Waals surface area contributed by atoms with E-state index in [2.05, 4.69) is 20.0 Å². The molecule has 236 valence electrons. The van der Waals surface area contributed by atoms with E-state index in [4.69, 9.17) is 26.3 Å². The molecule has 0 bridgehead atoms. The van der Waals surface area contributed by atoms with E-state index in [1.807, 2.05) is 37.8 Å². The zero-order valence-electron chi connectivity index (χ0n) is 25.9. The van der Waals surface area contributed by atoms with Crippen LogP contribution in [0.2, 0.25) is 5.02 Å². The van der Waals surface area contributed by atoms with E-state index in [-0.39, 0.29) is 18.1 Å². The molecule has 3 saturated heterocycles. The molecule has 3 aliphatic rings. The number of benzene rings is 1. The standard InChI is InChI=1S/C32H42ClN7O4/c1-32(2,3)44-31(42)40-18-16-37(17-19-40)22-23-8-12-38(13-9-23)29-7-6-28(35-36-29)30(41)39-14-10-25(11-15-39)43-26-5-4-24(21-34)27(33)20-26/h4-7,20,23,25H,8-19,22H2,1-3H3. The maximum Gasteiger partial charge on any atom is 0.410 e. The molecule has 12 heteroatoms. The molecule has 11 nitrogen and oxygen atoms in total. The van der Waals surface area contributed by atoms with Crippen LogP contribution in [-0.4, -0.2) is 108 Å². The van der Waals surface area contributed by atoms with Crippen molar-refractivity contribution in [2.45, 2.75) is 58.2 Å². The third-order valence-corrected chi connectivity index (χ3v) is 8.75. The molecule has 3 aliphatic heterocycles. The SMILES string of the molecule is CC(C)(C)OC(=O)N1CCN(CC2CCN(c3ccc(C(=O)N4CCC(Oc5ccc(C#N)c(Cl)c5)CC4)nn3)CC2)CC1. The van der Waals surface area contributed by atoms with Gasteiger partial charge in [-0.3, -0.25) is 9.69 Å². The van der Waals surface area contributed by atoms with Gasteiger partial charge in [-0.1, -0.05) is 11.6 Å². The lowest BCUT2D eigenvalue weighted by Crippen LogP contribution is -2.51. The number of amides is 2. The van der Waals surface area contributed by atoms with Crippen molar-refractivity contribution in [3.05, 3.63) is 46.6 Å². The Morgan fingerprint density at radius 2 is 1.64 bits per heavy atom. The summed E-state index contributed by atoms with van der Waals surface area (Å²) >= 11 is 6.12. The Hall–Kier alpha value is -3.62. The minimum absolute atomic E-state index is 0.0266. The van der Waals surface area contributed by atoms with E-state index >= 15 is 0 Å². The van der Waals surface area contributed by atoms with Crippen molar-refractivity contribution in [2.24, 2.45) is 5.92 Å². The van der Waals surface area contributed by atoms with Crippen LogP contribution in [0.15, 0.2) is 30.3 Å². The number of anilines is 1. The maximum absolute atomic E-state index is 13.1. The van der Waals surface area contributed by atoms with Gasteiger partial charge in [0.25, 0.3) is 5.91 Å². The second-order valence-electron chi connectivity index (χ2n) is 12.8. The summed E-state index contributed by atoms with van der Waals surface area (Å²) in [5.74, 6) is 1.92. The van der Waals surface area contributed by atoms with Crippen molar-refractivity contribution in [1.82, 2.24) is 24.9 Å². The minimum atomic E-state index is -0.471. The highest BCUT2D eigenvalue weighted by atomic mass is 35.5. The summed E-state index contributed by atoms with van der Waals surface area (Å²) in [6, 6.07) is 10.8. The smallest absolute Gasteiger partial charge is 0.410 e. The van der Waals surface area contributed by atoms with Crippen LogP contribution in [0.25, 0.3) is 0 Å². The first-order valence-corrected chi connectivity index (χ1v) is 15.9. The molecular weight excluding hydrogens is 582 g/mol. The first kappa shape index (κ1) is 31.8. The number of piperazine rings is 1. The Morgan fingerprint density at radius 1 is 0.932 bits per heavy atom. The highest BCUT2D eigenvalue weighted by Crippen LogP contribution is 2.26. The maximum atomic E-state index is 13.1. The van der Waals surface area contributed by atoms with Crippen LogP contribution in [0.4, 0.5) is 10.6 Å². The van der Waals surface area contributed by atoms with E-state index in [9.17, 15) is 9.59 Å². The molecule has 0 saturated carbocycles. The molecule has 4 heterocycles. The predicted molar refractivity (Wildman–Crippen MR) is 167 cm³/mol. The summed E-state index contributed by atoms with van der Waals surface area (Å²) in [5.41, 5.74) is 0.300. The molecule has 44 heavy (non-hydrogen) atoms. The lowest BCUT2D eigenvalue weighted by atomic mass is 9.96. The fraction of sp³-hybridized carbons (Fsp3) is 0.594. The lowest BCUT2D eigenvalue weighted by molar-refractivity contribution is 0.0130. The van der Waals surface area contributed by atoms with Crippen molar-refractivity contribution >= 4 is 29.4 Å². The number of ether oxygens (including phenoxy) is 2. The quantitative estimate of drug-likeness (QED) is 0.460. The van der Waals surface area contributed by atoms with Gasteiger partial charge in [-0.25, -0.2) is 4.79 Å². The Morgan fingerprint density at radius 3 is 2.23 bits per heavy atom. The Balaban J connectivity index is 1.02. The molecule has 3 fully saturated rings. The van der Waals surface area contributed by atoms with Crippen LogP contribution >= 0.6 is 11.6 Å². The van der Waals surface area contributed by atoms with Crippen molar-refractivity contribution in [2.75, 3.05) is 63.8 Å². The Bertz CT molecular complexity index is 1340. The summed E-state index contributed by atoms with van der Waals surface area (Å²) in [7, 11) is 0. The molecule has 0 atom stereocenters. The number of hydrogen-bond donors (Lipinski definition) is 0. The van der Waals surface area contributed by atoms with Gasteiger partial charge in [-0.15, -0.1) is 10.2 Å². The highest BCUT2D eigenvalue weighted by molar-refractivity contribution is 6.31. The van der Waals surface area contributed by atoms with Crippen molar-refractivity contribution in [3.8, 4) is 11.8 Å². The Labute approximate surface area is 264 Å². The zero-order chi connectivity index (χ0) is 31.3. The molecule has 0 radical (unpaired) electrons. The molecule has 0 unspecified atom stereocenters. The van der Waals surface area contributed by atoms with E-state index in [1.165, 1.54) is 0 Å². The van der Waals surface area contributed by atoms with E-state index in [1.54, 1.807) is 29.2 Å². The van der Waals surface area contributed by atoms with Crippen molar-refractivity contribution in [1.29, 1.82) is 5.26 Å². The van der Waals surface area contributed by atoms with Crippen LogP contribution in [0, 0.1) is 17.2 Å². The summed E-state index contributed by atoms with van der Waals surface area (Å²) in [4.78, 5) is 33.8. The molecule has 0 aliphatic carbocycles. The lowest BCUT2D eigenvalue weighted by Gasteiger charge is -2.39. The average molecular weight is 624 g/mol. The molecule has 0 spiro atoms. The van der Waals surface area contributed by atoms with Crippen molar-refractivity contribution < 1.29 is 19.1 Å². The number of hydrogen-bond acceptors (Lipinski definition) is 9. The highest BCUT2D eigenvalue weighted by Gasteiger charge is 2.29. The van der Waals surface area contributed by atoms with Gasteiger partial charge >= 0.3 is 6.09 Å². The summed E-state index contributed by atoms with van der Waals surface area (Å²) in [5, 5.41) is 18.1. The number of nitrogens with zero attached hydrogens (tertiary/aromatic N) is 7. The van der Waals surface area contributed by atoms with Crippen LogP contribution in [-0.2, 0) is 4.74 Å². The van der Waals surface area contributed by atoms with Crippen LogP contribution < -0.4 is 9.64 Å². The van der Waals surface area contributed by atoms with Crippen LogP contribution in [0.3, 0.4) is 0 Å². The zero-order valence-corrected chi connectivity index (χ0v) is 26.6. The topological polar surface area (TPSA) is 115 Å². The van der Waals surface area contributed by atoms with Crippen LogP contribution in [0.1, 0.15) is 62.5 Å². The molecule has 2 amide bonds. The van der Waals surface area contributed by atoms with Gasteiger partial charge in [-0.2, -0.15) is 5.26 Å². The van der Waals surface area contributed by atoms with E-state index in [0.29, 0.717) is 67.0 Å².